The molecule has 0 amide bonds. The molecule has 2 aromatic carbocycles. The lowest BCUT2D eigenvalue weighted by Crippen LogP contribution is -2.60. The molecule has 0 aliphatic carbocycles. The van der Waals surface area contributed by atoms with Crippen molar-refractivity contribution < 1.29 is 49.3 Å². The summed E-state index contributed by atoms with van der Waals surface area (Å²) in [6, 6.07) is 5.10. The summed E-state index contributed by atoms with van der Waals surface area (Å²) in [6.07, 6.45) is -8.00. The van der Waals surface area contributed by atoms with Crippen LogP contribution in [0.1, 0.15) is 0 Å². The highest BCUT2D eigenvalue weighted by molar-refractivity contribution is 5.97. The fourth-order valence-electron chi connectivity index (χ4n) is 3.50. The van der Waals surface area contributed by atoms with Crippen molar-refractivity contribution in [3.05, 3.63) is 34.5 Å². The van der Waals surface area contributed by atoms with E-state index < -0.39 is 60.0 Å². The van der Waals surface area contributed by atoms with Gasteiger partial charge >= 0.3 is 0 Å². The first-order chi connectivity index (χ1) is 14.8. The number of benzene rings is 2. The number of rotatable bonds is 4. The Balaban J connectivity index is 1.87. The van der Waals surface area contributed by atoms with Gasteiger partial charge in [-0.25, -0.2) is 0 Å². The number of ether oxygens (including phenoxy) is 3. The summed E-state index contributed by atoms with van der Waals surface area (Å²) in [7, 11) is 1.38. The molecule has 0 saturated carbocycles. The zero-order valence-corrected chi connectivity index (χ0v) is 16.1. The number of aromatic hydroxyl groups is 2. The van der Waals surface area contributed by atoms with Crippen molar-refractivity contribution in [2.75, 3.05) is 13.7 Å². The van der Waals surface area contributed by atoms with Gasteiger partial charge in [0.2, 0.25) is 11.7 Å². The Bertz CT molecular complexity index is 1190. The van der Waals surface area contributed by atoms with Crippen LogP contribution in [-0.4, -0.2) is 75.1 Å². The van der Waals surface area contributed by atoms with E-state index in [1.54, 1.807) is 0 Å². The van der Waals surface area contributed by atoms with Crippen LogP contribution in [0.2, 0.25) is 0 Å². The summed E-state index contributed by atoms with van der Waals surface area (Å²) in [4.78, 5) is 13.2. The predicted molar refractivity (Wildman–Crippen MR) is 104 cm³/mol. The normalized spacial score (nSPS) is 26.3. The number of hydrogen-bond acceptors (Lipinski definition) is 11. The second-order valence-electron chi connectivity index (χ2n) is 7.05. The fourth-order valence-corrected chi connectivity index (χ4v) is 3.50. The lowest BCUT2D eigenvalue weighted by Gasteiger charge is -2.39. The van der Waals surface area contributed by atoms with Crippen molar-refractivity contribution in [2.24, 2.45) is 0 Å². The second kappa shape index (κ2) is 7.87. The first-order valence-electron chi connectivity index (χ1n) is 9.23. The average Bonchev–Trinajstić information content (AvgIpc) is 2.75. The maximum absolute atomic E-state index is 13.2. The molecule has 31 heavy (non-hydrogen) atoms. The van der Waals surface area contributed by atoms with Gasteiger partial charge in [-0.2, -0.15) is 0 Å². The summed E-state index contributed by atoms with van der Waals surface area (Å²) in [5.74, 6) is -1.12. The van der Waals surface area contributed by atoms with E-state index in [1.165, 1.54) is 31.4 Å². The first kappa shape index (κ1) is 21.2. The van der Waals surface area contributed by atoms with E-state index in [2.05, 4.69) is 0 Å². The van der Waals surface area contributed by atoms with Gasteiger partial charge in [-0.15, -0.1) is 0 Å². The summed E-state index contributed by atoms with van der Waals surface area (Å²) in [5, 5.41) is 59.5. The van der Waals surface area contributed by atoms with Gasteiger partial charge in [0.05, 0.1) is 13.7 Å². The molecule has 11 heteroatoms. The Kier molecular flexibility index (Phi) is 5.37. The Morgan fingerprint density at radius 2 is 1.71 bits per heavy atom. The smallest absolute Gasteiger partial charge is 0.229 e. The van der Waals surface area contributed by atoms with Gasteiger partial charge in [-0.05, 0) is 12.1 Å². The third kappa shape index (κ3) is 3.42. The van der Waals surface area contributed by atoms with Crippen LogP contribution in [0, 0.1) is 0 Å². The lowest BCUT2D eigenvalue weighted by molar-refractivity contribution is -0.277. The van der Waals surface area contributed by atoms with Gasteiger partial charge in [0, 0.05) is 12.1 Å². The monoisotopic (exact) mass is 436 g/mol. The molecule has 0 spiro atoms. The van der Waals surface area contributed by atoms with Crippen molar-refractivity contribution in [1.82, 2.24) is 0 Å². The third-order valence-electron chi connectivity index (χ3n) is 5.15. The number of methoxy groups -OCH3 is 1. The van der Waals surface area contributed by atoms with Gasteiger partial charge in [0.25, 0.3) is 0 Å². The predicted octanol–water partition coefficient (Wildman–Crippen LogP) is -0.455. The highest BCUT2D eigenvalue weighted by Gasteiger charge is 2.45. The molecular weight excluding hydrogens is 416 g/mol. The SMILES string of the molecule is COc1cc(O)c2c(=O)c3c(O[C@@H]4O[C@H](CO)[C@@H](O)[C@H](O)[C@H]4O)c(O)ccc3oc2c1. The molecule has 1 fully saturated rings. The molecule has 0 bridgehead atoms. The Morgan fingerprint density at radius 3 is 2.39 bits per heavy atom. The van der Waals surface area contributed by atoms with Gasteiger partial charge in [0.15, 0.2) is 11.5 Å². The molecule has 1 saturated heterocycles. The van der Waals surface area contributed by atoms with Crippen LogP contribution in [0.4, 0.5) is 0 Å². The van der Waals surface area contributed by atoms with Gasteiger partial charge in [0.1, 0.15) is 57.9 Å². The molecule has 166 valence electrons. The van der Waals surface area contributed by atoms with E-state index >= 15 is 0 Å². The molecule has 11 nitrogen and oxygen atoms in total. The van der Waals surface area contributed by atoms with Crippen LogP contribution < -0.4 is 14.9 Å². The first-order valence-corrected chi connectivity index (χ1v) is 9.23. The van der Waals surface area contributed by atoms with Crippen LogP contribution in [0.3, 0.4) is 0 Å². The van der Waals surface area contributed by atoms with Crippen LogP contribution in [0.15, 0.2) is 33.5 Å². The Hall–Kier alpha value is -3.09. The maximum atomic E-state index is 13.2. The van der Waals surface area contributed by atoms with Gasteiger partial charge in [-0.1, -0.05) is 0 Å². The molecule has 2 heterocycles. The summed E-state index contributed by atoms with van der Waals surface area (Å²) >= 11 is 0. The van der Waals surface area contributed by atoms with Crippen LogP contribution in [0.5, 0.6) is 23.0 Å². The number of phenolic OH excluding ortho intramolecular Hbond substituents is 2. The Morgan fingerprint density at radius 1 is 0.968 bits per heavy atom. The molecule has 5 atom stereocenters. The summed E-state index contributed by atoms with van der Waals surface area (Å²) in [5.41, 5.74) is -0.728. The van der Waals surface area contributed by atoms with Crippen molar-refractivity contribution in [3.63, 3.8) is 0 Å². The van der Waals surface area contributed by atoms with E-state index in [0.29, 0.717) is 0 Å². The Labute approximate surface area is 173 Å². The minimum Gasteiger partial charge on any atom is -0.507 e. The van der Waals surface area contributed by atoms with Crippen molar-refractivity contribution >= 4 is 21.9 Å². The average molecular weight is 436 g/mol. The van der Waals surface area contributed by atoms with Gasteiger partial charge in [-0.3, -0.25) is 4.79 Å². The molecule has 0 unspecified atom stereocenters. The van der Waals surface area contributed by atoms with E-state index in [-0.39, 0.29) is 27.7 Å². The fraction of sp³-hybridized carbons (Fsp3) is 0.350. The molecule has 1 aromatic heterocycles. The summed E-state index contributed by atoms with van der Waals surface area (Å²) in [6.45, 7) is -0.686. The molecule has 1 aliphatic heterocycles. The van der Waals surface area contributed by atoms with Crippen molar-refractivity contribution in [3.8, 4) is 23.0 Å². The van der Waals surface area contributed by atoms with Crippen LogP contribution in [0.25, 0.3) is 21.9 Å². The highest BCUT2D eigenvalue weighted by Crippen LogP contribution is 2.38. The lowest BCUT2D eigenvalue weighted by atomic mass is 9.99. The third-order valence-corrected chi connectivity index (χ3v) is 5.15. The van der Waals surface area contributed by atoms with E-state index in [9.17, 15) is 35.4 Å². The zero-order chi connectivity index (χ0) is 22.4. The minimum absolute atomic E-state index is 0.0115. The molecule has 3 aromatic rings. The van der Waals surface area contributed by atoms with Crippen LogP contribution >= 0.6 is 0 Å². The quantitative estimate of drug-likeness (QED) is 0.292. The number of aliphatic hydroxyl groups excluding tert-OH is 4. The topological polar surface area (TPSA) is 179 Å². The zero-order valence-electron chi connectivity index (χ0n) is 16.1. The molecule has 6 N–H and O–H groups in total. The van der Waals surface area contributed by atoms with E-state index in [1.807, 2.05) is 0 Å². The summed E-state index contributed by atoms with van der Waals surface area (Å²) < 4.78 is 21.5. The standard InChI is InChI=1S/C20H20O11/c1-28-7-4-9(23)13-11(5-7)29-10-3-2-8(22)19(14(10)16(13)25)31-20-18(27)17(26)15(24)12(6-21)30-20/h2-5,12,15,17-18,20-24,26-27H,6H2,1H3/t12-,15-,17+,18-,20+/m1/s1. The number of phenols is 2. The minimum atomic E-state index is -1.77. The molecule has 0 radical (unpaired) electrons. The van der Waals surface area contributed by atoms with Crippen molar-refractivity contribution in [1.29, 1.82) is 0 Å². The number of hydrogen-bond donors (Lipinski definition) is 6. The van der Waals surface area contributed by atoms with E-state index in [4.69, 9.17) is 18.6 Å². The second-order valence-corrected chi connectivity index (χ2v) is 7.05. The van der Waals surface area contributed by atoms with Gasteiger partial charge < -0.3 is 49.3 Å². The van der Waals surface area contributed by atoms with E-state index in [0.717, 1.165) is 0 Å². The van der Waals surface area contributed by atoms with Crippen LogP contribution in [-0.2, 0) is 4.74 Å². The molecule has 1 aliphatic rings. The van der Waals surface area contributed by atoms with Crippen molar-refractivity contribution in [2.45, 2.75) is 30.7 Å². The number of aliphatic hydroxyl groups is 4. The number of fused-ring (bicyclic) bond motifs is 2. The maximum Gasteiger partial charge on any atom is 0.229 e. The molecule has 4 rings (SSSR count). The highest BCUT2D eigenvalue weighted by atomic mass is 16.7. The molecular formula is C20H20O11. The largest absolute Gasteiger partial charge is 0.507 e.